The monoisotopic (exact) mass is 295 g/mol. The second kappa shape index (κ2) is 5.46. The zero-order valence-electron chi connectivity index (χ0n) is 11.3. The van der Waals surface area contributed by atoms with Gasteiger partial charge in [-0.05, 0) is 5.92 Å². The second-order valence-electron chi connectivity index (χ2n) is 4.41. The van der Waals surface area contributed by atoms with Crippen molar-refractivity contribution in [1.29, 1.82) is 0 Å². The van der Waals surface area contributed by atoms with E-state index in [0.29, 0.717) is 17.1 Å². The molecule has 0 amide bonds. The first-order chi connectivity index (χ1) is 9.43. The van der Waals surface area contributed by atoms with Gasteiger partial charge in [-0.2, -0.15) is 10.1 Å². The molecule has 0 bridgehead atoms. The molecule has 7 nitrogen and oxygen atoms in total. The average molecular weight is 296 g/mol. The van der Waals surface area contributed by atoms with E-state index < -0.39 is 5.97 Å². The molecule has 2 N–H and O–H groups in total. The number of carbonyl (C=O) groups is 1. The van der Waals surface area contributed by atoms with Gasteiger partial charge in [-0.15, -0.1) is 0 Å². The van der Waals surface area contributed by atoms with E-state index in [4.69, 9.17) is 22.1 Å². The van der Waals surface area contributed by atoms with Gasteiger partial charge in [0.2, 0.25) is 5.95 Å². The van der Waals surface area contributed by atoms with Gasteiger partial charge >= 0.3 is 5.97 Å². The molecule has 8 heteroatoms. The Morgan fingerprint density at radius 2 is 2.15 bits per heavy atom. The van der Waals surface area contributed by atoms with E-state index in [1.807, 2.05) is 13.8 Å². The van der Waals surface area contributed by atoms with Crippen LogP contribution in [0, 0.1) is 0 Å². The van der Waals surface area contributed by atoms with Gasteiger partial charge in [-0.25, -0.2) is 14.5 Å². The first-order valence-electron chi connectivity index (χ1n) is 5.90. The lowest BCUT2D eigenvalue weighted by molar-refractivity contribution is 0.0599. The van der Waals surface area contributed by atoms with E-state index in [1.165, 1.54) is 24.1 Å². The fraction of sp³-hybridized carbons (Fsp3) is 0.333. The van der Waals surface area contributed by atoms with Crippen molar-refractivity contribution in [3.8, 4) is 5.82 Å². The molecule has 0 saturated heterocycles. The number of esters is 1. The normalized spacial score (nSPS) is 10.8. The van der Waals surface area contributed by atoms with Crippen LogP contribution in [0.3, 0.4) is 0 Å². The van der Waals surface area contributed by atoms with Crippen LogP contribution in [0.15, 0.2) is 12.3 Å². The third kappa shape index (κ3) is 2.57. The highest BCUT2D eigenvalue weighted by molar-refractivity contribution is 6.29. The van der Waals surface area contributed by atoms with Gasteiger partial charge < -0.3 is 10.5 Å². The van der Waals surface area contributed by atoms with Crippen LogP contribution in [-0.4, -0.2) is 32.8 Å². The predicted molar refractivity (Wildman–Crippen MR) is 74.0 cm³/mol. The standard InChI is InChI=1S/C12H14ClN5O2/c1-6(2)10-7(11(19)20-3)5-15-18(10)9-4-8(13)16-12(14)17-9/h4-6H,1-3H3,(H2,14,16,17). The number of nitrogens with zero attached hydrogens (tertiary/aromatic N) is 4. The van der Waals surface area contributed by atoms with E-state index in [9.17, 15) is 4.79 Å². The van der Waals surface area contributed by atoms with Crippen molar-refractivity contribution < 1.29 is 9.53 Å². The van der Waals surface area contributed by atoms with Gasteiger partial charge in [0.25, 0.3) is 0 Å². The third-order valence-corrected chi connectivity index (χ3v) is 2.87. The van der Waals surface area contributed by atoms with Crippen molar-refractivity contribution in [3.05, 3.63) is 28.7 Å². The van der Waals surface area contributed by atoms with Crippen molar-refractivity contribution in [2.24, 2.45) is 0 Å². The maximum Gasteiger partial charge on any atom is 0.341 e. The van der Waals surface area contributed by atoms with Crippen LogP contribution in [0.25, 0.3) is 5.82 Å². The van der Waals surface area contributed by atoms with Crippen LogP contribution < -0.4 is 5.73 Å². The van der Waals surface area contributed by atoms with Crippen LogP contribution >= 0.6 is 11.6 Å². The summed E-state index contributed by atoms with van der Waals surface area (Å²) in [4.78, 5) is 19.6. The fourth-order valence-corrected chi connectivity index (χ4v) is 2.08. The number of halogens is 1. The quantitative estimate of drug-likeness (QED) is 0.685. The fourth-order valence-electron chi connectivity index (χ4n) is 1.89. The molecule has 20 heavy (non-hydrogen) atoms. The Hall–Kier alpha value is -2.15. The van der Waals surface area contributed by atoms with Gasteiger partial charge in [-0.3, -0.25) is 0 Å². The number of rotatable bonds is 3. The van der Waals surface area contributed by atoms with Gasteiger partial charge in [0.05, 0.1) is 19.0 Å². The van der Waals surface area contributed by atoms with Gasteiger partial charge in [0.15, 0.2) is 5.82 Å². The summed E-state index contributed by atoms with van der Waals surface area (Å²) in [7, 11) is 1.32. The SMILES string of the molecule is COC(=O)c1cnn(-c2cc(Cl)nc(N)n2)c1C(C)C. The lowest BCUT2D eigenvalue weighted by Crippen LogP contribution is -2.11. The minimum atomic E-state index is -0.451. The summed E-state index contributed by atoms with van der Waals surface area (Å²) in [5, 5.41) is 4.38. The van der Waals surface area contributed by atoms with Crippen LogP contribution in [0.1, 0.15) is 35.8 Å². The van der Waals surface area contributed by atoms with E-state index in [1.54, 1.807) is 0 Å². The second-order valence-corrected chi connectivity index (χ2v) is 4.80. The summed E-state index contributed by atoms with van der Waals surface area (Å²) in [6, 6.07) is 1.53. The van der Waals surface area contributed by atoms with E-state index in [-0.39, 0.29) is 17.0 Å². The maximum absolute atomic E-state index is 11.8. The third-order valence-electron chi connectivity index (χ3n) is 2.67. The number of hydrogen-bond donors (Lipinski definition) is 1. The molecule has 0 aliphatic carbocycles. The molecule has 2 aromatic rings. The molecule has 0 fully saturated rings. The predicted octanol–water partition coefficient (Wildman–Crippen LogP) is 1.81. The molecule has 0 unspecified atom stereocenters. The molecule has 0 spiro atoms. The van der Waals surface area contributed by atoms with Crippen molar-refractivity contribution in [1.82, 2.24) is 19.7 Å². The van der Waals surface area contributed by atoms with Crippen LogP contribution in [0.2, 0.25) is 5.15 Å². The van der Waals surface area contributed by atoms with Crippen LogP contribution in [-0.2, 0) is 4.74 Å². The van der Waals surface area contributed by atoms with Crippen molar-refractivity contribution in [3.63, 3.8) is 0 Å². The first-order valence-corrected chi connectivity index (χ1v) is 6.28. The Balaban J connectivity index is 2.62. The maximum atomic E-state index is 11.8. The number of carbonyl (C=O) groups excluding carboxylic acids is 1. The zero-order valence-corrected chi connectivity index (χ0v) is 12.0. The topological polar surface area (TPSA) is 95.9 Å². The molecule has 2 aromatic heterocycles. The van der Waals surface area contributed by atoms with E-state index in [2.05, 4.69) is 15.1 Å². The Labute approximate surface area is 120 Å². The number of methoxy groups -OCH3 is 1. The number of nitrogens with two attached hydrogens (primary N) is 1. The van der Waals surface area contributed by atoms with E-state index in [0.717, 1.165) is 0 Å². The lowest BCUT2D eigenvalue weighted by Gasteiger charge is -2.11. The zero-order chi connectivity index (χ0) is 14.9. The highest BCUT2D eigenvalue weighted by atomic mass is 35.5. The van der Waals surface area contributed by atoms with Gasteiger partial charge in [0, 0.05) is 6.07 Å². The summed E-state index contributed by atoms with van der Waals surface area (Å²) >= 11 is 5.86. The minimum Gasteiger partial charge on any atom is -0.465 e. The Morgan fingerprint density at radius 1 is 1.45 bits per heavy atom. The molecule has 0 aliphatic rings. The molecule has 106 valence electrons. The van der Waals surface area contributed by atoms with E-state index >= 15 is 0 Å². The molecule has 0 aromatic carbocycles. The Bertz CT molecular complexity index is 633. The minimum absolute atomic E-state index is 0.0292. The van der Waals surface area contributed by atoms with Gasteiger partial charge in [-0.1, -0.05) is 25.4 Å². The molecule has 0 aliphatic heterocycles. The van der Waals surface area contributed by atoms with Crippen molar-refractivity contribution in [2.75, 3.05) is 12.8 Å². The number of ether oxygens (including phenoxy) is 1. The summed E-state index contributed by atoms with van der Waals surface area (Å²) in [5.74, 6) is 0.0216. The molecule has 0 atom stereocenters. The molecular weight excluding hydrogens is 282 g/mol. The molecular formula is C12H14ClN5O2. The average Bonchev–Trinajstić information content (AvgIpc) is 2.81. The van der Waals surface area contributed by atoms with Crippen molar-refractivity contribution >= 4 is 23.5 Å². The molecule has 0 saturated carbocycles. The summed E-state index contributed by atoms with van der Waals surface area (Å²) < 4.78 is 6.26. The molecule has 2 rings (SSSR count). The Kier molecular flexibility index (Phi) is 3.89. The van der Waals surface area contributed by atoms with Crippen LogP contribution in [0.5, 0.6) is 0 Å². The summed E-state index contributed by atoms with van der Waals surface area (Å²) in [5.41, 5.74) is 6.63. The Morgan fingerprint density at radius 3 is 2.70 bits per heavy atom. The summed E-state index contributed by atoms with van der Waals surface area (Å²) in [6.45, 7) is 3.87. The highest BCUT2D eigenvalue weighted by Crippen LogP contribution is 2.24. The number of aromatic nitrogens is 4. The largest absolute Gasteiger partial charge is 0.465 e. The smallest absolute Gasteiger partial charge is 0.341 e. The lowest BCUT2D eigenvalue weighted by atomic mass is 10.1. The molecule has 0 radical (unpaired) electrons. The van der Waals surface area contributed by atoms with Gasteiger partial charge in [0.1, 0.15) is 10.7 Å². The first kappa shape index (κ1) is 14.3. The summed E-state index contributed by atoms with van der Waals surface area (Å²) in [6.07, 6.45) is 1.44. The van der Waals surface area contributed by atoms with Crippen molar-refractivity contribution in [2.45, 2.75) is 19.8 Å². The number of hydrogen-bond acceptors (Lipinski definition) is 6. The number of nitrogen functional groups attached to an aromatic ring is 1. The molecule has 2 heterocycles. The van der Waals surface area contributed by atoms with Crippen LogP contribution in [0.4, 0.5) is 5.95 Å². The number of anilines is 1. The highest BCUT2D eigenvalue weighted by Gasteiger charge is 2.22.